The van der Waals surface area contributed by atoms with Crippen LogP contribution in [0.2, 0.25) is 0 Å². The molecule has 5 aromatic carbocycles. The topological polar surface area (TPSA) is 118 Å². The molecule has 2 saturated heterocycles. The maximum Gasteiger partial charge on any atom is 0.408 e. The summed E-state index contributed by atoms with van der Waals surface area (Å²) in [6.45, 7) is 5.11. The zero-order valence-corrected chi connectivity index (χ0v) is 31.3. The normalized spacial score (nSPS) is 21.9. The van der Waals surface area contributed by atoms with Gasteiger partial charge in [0, 0.05) is 24.1 Å². The summed E-state index contributed by atoms with van der Waals surface area (Å²) in [5.74, 6) is -0.833. The lowest BCUT2D eigenvalue weighted by atomic mass is 9.89. The molecule has 5 aromatic rings. The molecule has 0 saturated carbocycles. The lowest BCUT2D eigenvalue weighted by molar-refractivity contribution is -0.276. The summed E-state index contributed by atoms with van der Waals surface area (Å²) in [4.78, 5) is 42.0. The quantitative estimate of drug-likeness (QED) is 0.127. The first kappa shape index (κ1) is 37.9. The molecule has 2 aliphatic rings. The van der Waals surface area contributed by atoms with Gasteiger partial charge >= 0.3 is 6.09 Å². The Balaban J connectivity index is 1.03. The number of nitrogens with one attached hydrogen (secondary N) is 1. The number of hydrogen-bond donors (Lipinski definition) is 2. The second-order valence-corrected chi connectivity index (χ2v) is 14.6. The van der Waals surface area contributed by atoms with E-state index >= 15 is 0 Å². The van der Waals surface area contributed by atoms with Crippen LogP contribution in [0, 0.1) is 5.92 Å². The van der Waals surface area contributed by atoms with Crippen molar-refractivity contribution in [2.75, 3.05) is 13.6 Å². The number of alkyl carbamates (subject to hydrolysis) is 1. The van der Waals surface area contributed by atoms with E-state index in [1.807, 2.05) is 78.9 Å². The lowest BCUT2D eigenvalue weighted by Gasteiger charge is -2.43. The Kier molecular flexibility index (Phi) is 11.7. The monoisotopic (exact) mass is 741 g/mol. The number of nitrogens with zero attached hydrogens (tertiary/aromatic N) is 2. The fourth-order valence-electron chi connectivity index (χ4n) is 7.32. The van der Waals surface area contributed by atoms with E-state index in [1.54, 1.807) is 0 Å². The third kappa shape index (κ3) is 8.79. The van der Waals surface area contributed by atoms with Gasteiger partial charge in [0.05, 0.1) is 31.8 Å². The summed E-state index contributed by atoms with van der Waals surface area (Å²) >= 11 is 0. The average Bonchev–Trinajstić information content (AvgIpc) is 3.47. The first-order valence-electron chi connectivity index (χ1n) is 18.8. The van der Waals surface area contributed by atoms with Gasteiger partial charge in [-0.2, -0.15) is 0 Å². The smallest absolute Gasteiger partial charge is 0.408 e. The van der Waals surface area contributed by atoms with E-state index in [-0.39, 0.29) is 56.3 Å². The maximum atomic E-state index is 13.2. The molecule has 2 heterocycles. The van der Waals surface area contributed by atoms with Crippen LogP contribution >= 0.6 is 0 Å². The first-order chi connectivity index (χ1) is 26.7. The molecule has 2 N–H and O–H groups in total. The number of ether oxygens (including phenoxy) is 3. The molecule has 2 fully saturated rings. The molecule has 284 valence electrons. The van der Waals surface area contributed by atoms with Crippen molar-refractivity contribution in [2.45, 2.75) is 70.6 Å². The number of aliphatic hydroxyl groups excluding tert-OH is 1. The number of hydrogen-bond acceptors (Lipinski definition) is 8. The van der Waals surface area contributed by atoms with Gasteiger partial charge in [-0.1, -0.05) is 122 Å². The van der Waals surface area contributed by atoms with E-state index in [2.05, 4.69) is 73.6 Å². The molecule has 10 nitrogen and oxygen atoms in total. The van der Waals surface area contributed by atoms with Crippen LogP contribution < -0.4 is 5.32 Å². The van der Waals surface area contributed by atoms with Gasteiger partial charge in [-0.3, -0.25) is 19.4 Å². The number of imide groups is 1. The number of aliphatic hydroxyl groups is 1. The standard InChI is InChI=1S/C45H47N3O7/c1-29-40(26-47(3)30(2)37-22-21-34-11-7-8-12-38(34)23-37)54-44(55-42(29)35-17-15-32(27-49)16-18-35)36-19-13-31(14-20-36)25-48-41(50)24-39(43(48)51)46-45(52)53-28-33-9-5-4-6-10-33/h4-23,29-30,39-40,42,44,49H,24-28H2,1-3H3,(H,46,52)/t29-,30-,39?,40+,42+,44+/m1/s1. The highest BCUT2D eigenvalue weighted by Crippen LogP contribution is 2.42. The van der Waals surface area contributed by atoms with Crippen molar-refractivity contribution in [1.82, 2.24) is 15.1 Å². The number of fused-ring (bicyclic) bond motifs is 1. The zero-order chi connectivity index (χ0) is 38.5. The number of amides is 3. The molecular weight excluding hydrogens is 695 g/mol. The van der Waals surface area contributed by atoms with Crippen molar-refractivity contribution in [3.05, 3.63) is 155 Å². The first-order valence-corrected chi connectivity index (χ1v) is 18.8. The molecule has 0 spiro atoms. The van der Waals surface area contributed by atoms with Gasteiger partial charge in [-0.05, 0) is 58.6 Å². The average molecular weight is 742 g/mol. The second-order valence-electron chi connectivity index (χ2n) is 14.6. The summed E-state index contributed by atoms with van der Waals surface area (Å²) in [5, 5.41) is 14.6. The van der Waals surface area contributed by atoms with E-state index in [0.29, 0.717) is 6.54 Å². The number of carbonyl (C=O) groups excluding carboxylic acids is 3. The van der Waals surface area contributed by atoms with Gasteiger partial charge in [-0.15, -0.1) is 0 Å². The van der Waals surface area contributed by atoms with Gasteiger partial charge in [-0.25, -0.2) is 4.79 Å². The Bertz CT molecular complexity index is 2110. The van der Waals surface area contributed by atoms with Crippen molar-refractivity contribution in [2.24, 2.45) is 5.92 Å². The molecule has 7 rings (SSSR count). The van der Waals surface area contributed by atoms with Crippen LogP contribution in [0.4, 0.5) is 4.79 Å². The summed E-state index contributed by atoms with van der Waals surface area (Å²) in [6.07, 6.45) is -2.01. The predicted octanol–water partition coefficient (Wildman–Crippen LogP) is 7.37. The zero-order valence-electron chi connectivity index (χ0n) is 31.3. The van der Waals surface area contributed by atoms with Crippen LogP contribution in [0.1, 0.15) is 72.1 Å². The molecule has 6 atom stereocenters. The van der Waals surface area contributed by atoms with Crippen molar-refractivity contribution >= 4 is 28.7 Å². The third-order valence-corrected chi connectivity index (χ3v) is 10.8. The molecule has 1 unspecified atom stereocenters. The van der Waals surface area contributed by atoms with Crippen LogP contribution in [-0.4, -0.2) is 58.6 Å². The van der Waals surface area contributed by atoms with Crippen LogP contribution in [-0.2, 0) is 43.6 Å². The number of likely N-dealkylation sites (tertiary alicyclic amines) is 1. The highest BCUT2D eigenvalue weighted by molar-refractivity contribution is 6.06. The van der Waals surface area contributed by atoms with E-state index in [4.69, 9.17) is 14.2 Å². The Morgan fingerprint density at radius 2 is 1.53 bits per heavy atom. The van der Waals surface area contributed by atoms with E-state index in [0.717, 1.165) is 27.8 Å². The van der Waals surface area contributed by atoms with Gasteiger partial charge in [0.15, 0.2) is 6.29 Å². The second kappa shape index (κ2) is 17.0. The summed E-state index contributed by atoms with van der Waals surface area (Å²) in [5.41, 5.74) is 5.43. The van der Waals surface area contributed by atoms with E-state index in [9.17, 15) is 19.5 Å². The summed E-state index contributed by atoms with van der Waals surface area (Å²) in [7, 11) is 2.12. The molecule has 0 aromatic heterocycles. The number of carbonyl (C=O) groups is 3. The van der Waals surface area contributed by atoms with Gasteiger partial charge in [0.2, 0.25) is 5.91 Å². The fourth-order valence-corrected chi connectivity index (χ4v) is 7.32. The van der Waals surface area contributed by atoms with E-state index < -0.39 is 24.3 Å². The van der Waals surface area contributed by atoms with E-state index in [1.165, 1.54) is 21.2 Å². The SMILES string of the molecule is C[C@@H]1[C@H](CN(C)[C@H](C)c2ccc3ccccc3c2)O[C@H](c2ccc(CN3C(=O)CC(NC(=O)OCc4ccccc4)C3=O)cc2)O[C@@H]1c1ccc(CO)cc1. The van der Waals surface area contributed by atoms with Crippen LogP contribution in [0.15, 0.2) is 121 Å². The van der Waals surface area contributed by atoms with Crippen molar-refractivity contribution < 1.29 is 33.7 Å². The van der Waals surface area contributed by atoms with Gasteiger partial charge in [0.1, 0.15) is 12.6 Å². The number of likely N-dealkylation sites (N-methyl/N-ethyl adjacent to an activating group) is 1. The predicted molar refractivity (Wildman–Crippen MR) is 208 cm³/mol. The lowest BCUT2D eigenvalue weighted by Crippen LogP contribution is -2.44. The Labute approximate surface area is 321 Å². The number of rotatable bonds is 12. The largest absolute Gasteiger partial charge is 0.445 e. The highest BCUT2D eigenvalue weighted by atomic mass is 16.7. The Morgan fingerprint density at radius 3 is 2.25 bits per heavy atom. The van der Waals surface area contributed by atoms with Crippen molar-refractivity contribution in [3.63, 3.8) is 0 Å². The van der Waals surface area contributed by atoms with Gasteiger partial charge in [0.25, 0.3) is 5.91 Å². The molecule has 3 amide bonds. The molecule has 2 aliphatic heterocycles. The summed E-state index contributed by atoms with van der Waals surface area (Å²) < 4.78 is 18.7. The Hall–Kier alpha value is -5.39. The van der Waals surface area contributed by atoms with Crippen LogP contribution in [0.3, 0.4) is 0 Å². The van der Waals surface area contributed by atoms with Crippen LogP contribution in [0.25, 0.3) is 10.8 Å². The minimum atomic E-state index is -0.983. The summed E-state index contributed by atoms with van der Waals surface area (Å²) in [6, 6.07) is 38.7. The molecule has 55 heavy (non-hydrogen) atoms. The molecule has 0 aliphatic carbocycles. The Morgan fingerprint density at radius 1 is 0.855 bits per heavy atom. The fraction of sp³-hybridized carbons (Fsp3) is 0.311. The maximum absolute atomic E-state index is 13.2. The minimum Gasteiger partial charge on any atom is -0.445 e. The van der Waals surface area contributed by atoms with Crippen molar-refractivity contribution in [1.29, 1.82) is 0 Å². The van der Waals surface area contributed by atoms with Gasteiger partial charge < -0.3 is 24.6 Å². The minimum absolute atomic E-state index is 0.00567. The molecular formula is C45H47N3O7. The molecule has 0 radical (unpaired) electrons. The molecule has 0 bridgehead atoms. The highest BCUT2D eigenvalue weighted by Gasteiger charge is 2.41. The third-order valence-electron chi connectivity index (χ3n) is 10.8. The van der Waals surface area contributed by atoms with Crippen molar-refractivity contribution in [3.8, 4) is 0 Å². The molecule has 10 heteroatoms. The number of benzene rings is 5. The van der Waals surface area contributed by atoms with Crippen LogP contribution in [0.5, 0.6) is 0 Å².